The Morgan fingerprint density at radius 2 is 1.61 bits per heavy atom. The van der Waals surface area contributed by atoms with E-state index in [1.54, 1.807) is 19.5 Å². The Kier molecular flexibility index (Phi) is 10.3. The number of fused-ring (bicyclic) bond motifs is 1. The Morgan fingerprint density at radius 3 is 2.30 bits per heavy atom. The van der Waals surface area contributed by atoms with E-state index in [2.05, 4.69) is 31.9 Å². The molecule has 1 unspecified atom stereocenters. The zero-order valence-corrected chi connectivity index (χ0v) is 33.0. The summed E-state index contributed by atoms with van der Waals surface area (Å²) in [6.45, 7) is 3.06. The largest absolute Gasteiger partial charge is 0.480 e. The number of carbonyl (C=O) groups is 2. The topological polar surface area (TPSA) is 143 Å². The SMILES string of the molecule is COc1nc(-c2cccc(-c3cccc(-c4cc5c(c(OCc6ccccn6)n4)C(NC[C@@H]4CCC(=O)N4)CC5)c3Cl)c2Cl)cnc1CN1CC2(CCC(=O)N2)C1. The third-order valence-electron chi connectivity index (χ3n) is 11.4. The van der Waals surface area contributed by atoms with Gasteiger partial charge in [0.25, 0.3) is 0 Å². The second kappa shape index (κ2) is 15.7. The number of rotatable bonds is 12. The van der Waals surface area contributed by atoms with E-state index in [1.165, 1.54) is 0 Å². The summed E-state index contributed by atoms with van der Waals surface area (Å²) < 4.78 is 12.2. The van der Waals surface area contributed by atoms with Crippen molar-refractivity contribution in [2.24, 2.45) is 0 Å². The summed E-state index contributed by atoms with van der Waals surface area (Å²) in [5.41, 5.74) is 7.78. The van der Waals surface area contributed by atoms with Gasteiger partial charge in [0.05, 0.1) is 46.0 Å². The van der Waals surface area contributed by atoms with Crippen molar-refractivity contribution in [3.8, 4) is 45.4 Å². The van der Waals surface area contributed by atoms with Gasteiger partial charge < -0.3 is 25.4 Å². The van der Waals surface area contributed by atoms with Gasteiger partial charge in [0, 0.05) is 85.1 Å². The molecule has 4 aliphatic rings. The Hall–Kier alpha value is -5.14. The van der Waals surface area contributed by atoms with Crippen molar-refractivity contribution >= 4 is 35.0 Å². The van der Waals surface area contributed by atoms with Gasteiger partial charge in [-0.25, -0.2) is 9.97 Å². The number of benzene rings is 2. The summed E-state index contributed by atoms with van der Waals surface area (Å²) in [4.78, 5) is 45.0. The maximum absolute atomic E-state index is 11.8. The normalized spacial score (nSPS) is 19.6. The summed E-state index contributed by atoms with van der Waals surface area (Å²) in [5.74, 6) is 1.19. The second-order valence-corrected chi connectivity index (χ2v) is 16.1. The van der Waals surface area contributed by atoms with Gasteiger partial charge in [-0.3, -0.25) is 24.5 Å². The highest BCUT2D eigenvalue weighted by molar-refractivity contribution is 6.39. The molecule has 2 atom stereocenters. The molecular weight excluding hydrogens is 763 g/mol. The van der Waals surface area contributed by atoms with Crippen molar-refractivity contribution < 1.29 is 19.1 Å². The summed E-state index contributed by atoms with van der Waals surface area (Å²) in [5, 5.41) is 10.8. The summed E-state index contributed by atoms with van der Waals surface area (Å²) >= 11 is 14.5. The number of hydrogen-bond acceptors (Lipinski definition) is 10. The predicted octanol–water partition coefficient (Wildman–Crippen LogP) is 6.48. The van der Waals surface area contributed by atoms with Crippen molar-refractivity contribution in [1.29, 1.82) is 0 Å². The van der Waals surface area contributed by atoms with Crippen molar-refractivity contribution in [3.05, 3.63) is 106 Å². The molecule has 3 aliphatic heterocycles. The molecule has 1 spiro atoms. The molecule has 3 saturated heterocycles. The van der Waals surface area contributed by atoms with Crippen LogP contribution in [0.2, 0.25) is 10.0 Å². The molecule has 3 fully saturated rings. The lowest BCUT2D eigenvalue weighted by Gasteiger charge is -2.47. The van der Waals surface area contributed by atoms with Gasteiger partial charge in [-0.2, -0.15) is 0 Å². The average Bonchev–Trinajstić information content (AvgIpc) is 3.95. The Balaban J connectivity index is 0.994. The van der Waals surface area contributed by atoms with Crippen LogP contribution in [0.25, 0.3) is 33.6 Å². The molecule has 14 heteroatoms. The van der Waals surface area contributed by atoms with Gasteiger partial charge in [0.2, 0.25) is 23.6 Å². The van der Waals surface area contributed by atoms with Gasteiger partial charge in [0.1, 0.15) is 12.3 Å². The fourth-order valence-electron chi connectivity index (χ4n) is 8.62. The van der Waals surface area contributed by atoms with E-state index in [1.807, 2.05) is 54.6 Å². The molecule has 0 bridgehead atoms. The van der Waals surface area contributed by atoms with Gasteiger partial charge in [-0.1, -0.05) is 65.7 Å². The minimum Gasteiger partial charge on any atom is -0.480 e. The molecule has 292 valence electrons. The molecule has 0 saturated carbocycles. The molecule has 6 heterocycles. The van der Waals surface area contributed by atoms with Gasteiger partial charge in [-0.15, -0.1) is 0 Å². The van der Waals surface area contributed by atoms with Crippen LogP contribution in [0.5, 0.6) is 11.8 Å². The maximum atomic E-state index is 11.8. The molecule has 57 heavy (non-hydrogen) atoms. The number of nitrogens with one attached hydrogen (secondary N) is 3. The van der Waals surface area contributed by atoms with Crippen molar-refractivity contribution in [1.82, 2.24) is 40.8 Å². The molecule has 2 amide bonds. The van der Waals surface area contributed by atoms with Crippen LogP contribution in [0.15, 0.2) is 73.1 Å². The van der Waals surface area contributed by atoms with Crippen molar-refractivity contribution in [2.75, 3.05) is 26.7 Å². The fraction of sp³-hybridized carbons (Fsp3) is 0.349. The Labute approximate surface area is 340 Å². The number of aromatic nitrogens is 4. The predicted molar refractivity (Wildman–Crippen MR) is 217 cm³/mol. The van der Waals surface area contributed by atoms with E-state index in [0.29, 0.717) is 64.7 Å². The van der Waals surface area contributed by atoms with Crippen LogP contribution in [0.3, 0.4) is 0 Å². The molecule has 2 aromatic carbocycles. The molecule has 9 rings (SSSR count). The minimum atomic E-state index is -0.117. The molecule has 12 nitrogen and oxygen atoms in total. The number of amides is 2. The summed E-state index contributed by atoms with van der Waals surface area (Å²) in [6, 6.07) is 19.6. The highest BCUT2D eigenvalue weighted by Gasteiger charge is 2.47. The van der Waals surface area contributed by atoms with E-state index in [4.69, 9.17) is 47.6 Å². The lowest BCUT2D eigenvalue weighted by atomic mass is 9.88. The Bertz CT molecular complexity index is 2360. The van der Waals surface area contributed by atoms with Crippen LogP contribution in [0, 0.1) is 0 Å². The smallest absolute Gasteiger partial charge is 0.237 e. The van der Waals surface area contributed by atoms with Gasteiger partial charge in [-0.05, 0) is 49.4 Å². The monoisotopic (exact) mass is 804 g/mol. The van der Waals surface area contributed by atoms with Crippen molar-refractivity contribution in [2.45, 2.75) is 69.3 Å². The van der Waals surface area contributed by atoms with Crippen molar-refractivity contribution in [3.63, 3.8) is 0 Å². The van der Waals surface area contributed by atoms with Gasteiger partial charge in [0.15, 0.2) is 0 Å². The first-order valence-electron chi connectivity index (χ1n) is 19.4. The number of methoxy groups -OCH3 is 1. The number of hydrogen-bond donors (Lipinski definition) is 3. The quantitative estimate of drug-likeness (QED) is 0.128. The lowest BCUT2D eigenvalue weighted by Crippen LogP contribution is -2.66. The molecular formula is C43H42Cl2N8O4. The molecule has 1 aliphatic carbocycles. The van der Waals surface area contributed by atoms with Crippen LogP contribution in [-0.2, 0) is 29.2 Å². The first kappa shape index (κ1) is 37.4. The number of pyridine rings is 2. The molecule has 0 radical (unpaired) electrons. The second-order valence-electron chi connectivity index (χ2n) is 15.3. The summed E-state index contributed by atoms with van der Waals surface area (Å²) in [7, 11) is 1.59. The highest BCUT2D eigenvalue weighted by Crippen LogP contribution is 2.45. The van der Waals surface area contributed by atoms with E-state index in [9.17, 15) is 9.59 Å². The third-order valence-corrected chi connectivity index (χ3v) is 12.3. The Morgan fingerprint density at radius 1 is 0.860 bits per heavy atom. The van der Waals surface area contributed by atoms with E-state index >= 15 is 0 Å². The first-order chi connectivity index (χ1) is 27.8. The number of likely N-dealkylation sites (tertiary alicyclic amines) is 1. The number of aryl methyl sites for hydroxylation is 1. The lowest BCUT2D eigenvalue weighted by molar-refractivity contribution is -0.121. The number of nitrogens with zero attached hydrogens (tertiary/aromatic N) is 5. The van der Waals surface area contributed by atoms with Crippen LogP contribution < -0.4 is 25.4 Å². The van der Waals surface area contributed by atoms with Crippen LogP contribution in [0.4, 0.5) is 0 Å². The maximum Gasteiger partial charge on any atom is 0.237 e. The van der Waals surface area contributed by atoms with Crippen LogP contribution >= 0.6 is 23.2 Å². The number of ether oxygens (including phenoxy) is 2. The van der Waals surface area contributed by atoms with Gasteiger partial charge >= 0.3 is 0 Å². The standard InChI is InChI=1S/C43H42Cl2N8O4/c1-56-41-35(21-53-23-43(24-53)16-15-37(55)52-43)48-20-34(51-41)31-10-5-8-29(40(31)45)28-7-4-9-30(39(28)44)33-18-25-11-13-32(47-19-26-12-14-36(54)49-26)38(25)42(50-33)57-22-27-6-2-3-17-46-27/h2-10,17-18,20,26,32,47H,11-16,19,21-24H2,1H3,(H,49,54)(H,52,55)/t26-,32?/m0/s1. The minimum absolute atomic E-state index is 0.0286. The van der Waals surface area contributed by atoms with E-state index in [0.717, 1.165) is 78.0 Å². The number of halogens is 2. The first-order valence-corrected chi connectivity index (χ1v) is 20.1. The fourth-order valence-corrected chi connectivity index (χ4v) is 9.27. The van der Waals surface area contributed by atoms with E-state index in [-0.39, 0.29) is 36.0 Å². The molecule has 3 N–H and O–H groups in total. The third kappa shape index (κ3) is 7.54. The summed E-state index contributed by atoms with van der Waals surface area (Å²) in [6.07, 6.45) is 8.02. The molecule has 5 aromatic rings. The van der Waals surface area contributed by atoms with E-state index < -0.39 is 0 Å². The highest BCUT2D eigenvalue weighted by atomic mass is 35.5. The van der Waals surface area contributed by atoms with Crippen LogP contribution in [-0.4, -0.2) is 75.0 Å². The molecule has 3 aromatic heterocycles. The number of carbonyl (C=O) groups excluding carboxylic acids is 2. The zero-order chi connectivity index (χ0) is 39.1. The average molecular weight is 806 g/mol. The van der Waals surface area contributed by atoms with Crippen LogP contribution in [0.1, 0.15) is 60.7 Å². The zero-order valence-electron chi connectivity index (χ0n) is 31.5.